The molecule has 2 aromatic carbocycles. The zero-order valence-electron chi connectivity index (χ0n) is 13.7. The van der Waals surface area contributed by atoms with E-state index in [1.54, 1.807) is 6.07 Å². The third-order valence-electron chi connectivity index (χ3n) is 4.59. The Morgan fingerprint density at radius 2 is 1.67 bits per heavy atom. The van der Waals surface area contributed by atoms with Gasteiger partial charge in [-0.3, -0.25) is 9.80 Å². The number of benzene rings is 2. The van der Waals surface area contributed by atoms with E-state index in [1.807, 2.05) is 30.3 Å². The van der Waals surface area contributed by atoms with Crippen LogP contribution in [-0.4, -0.2) is 51.1 Å². The molecule has 5 heteroatoms. The molecule has 1 saturated heterocycles. The smallest absolute Gasteiger partial charge is 0.121 e. The fourth-order valence-electron chi connectivity index (χ4n) is 3.31. The number of nitrogens with one attached hydrogen (secondary N) is 1. The Kier molecular flexibility index (Phi) is 4.19. The van der Waals surface area contributed by atoms with Crippen LogP contribution in [0.2, 0.25) is 0 Å². The molecular formula is C19H22N4O. The molecule has 0 atom stereocenters. The fraction of sp³-hybridized carbons (Fsp3) is 0.316. The predicted octanol–water partition coefficient (Wildman–Crippen LogP) is 2.59. The van der Waals surface area contributed by atoms with Crippen LogP contribution in [0, 0.1) is 0 Å². The second-order valence-corrected chi connectivity index (χ2v) is 6.42. The molecule has 0 amide bonds. The van der Waals surface area contributed by atoms with Crippen molar-refractivity contribution >= 4 is 11.0 Å². The minimum atomic E-state index is 0.344. The second-order valence-electron chi connectivity index (χ2n) is 6.42. The van der Waals surface area contributed by atoms with Gasteiger partial charge in [0.15, 0.2) is 0 Å². The lowest BCUT2D eigenvalue weighted by atomic mass is 10.2. The minimum absolute atomic E-state index is 0.344. The zero-order valence-corrected chi connectivity index (χ0v) is 13.7. The molecule has 2 N–H and O–H groups in total. The van der Waals surface area contributed by atoms with Crippen molar-refractivity contribution in [2.75, 3.05) is 26.2 Å². The van der Waals surface area contributed by atoms with E-state index < -0.39 is 0 Å². The average molecular weight is 322 g/mol. The van der Waals surface area contributed by atoms with E-state index in [0.717, 1.165) is 56.1 Å². The van der Waals surface area contributed by atoms with Gasteiger partial charge in [-0.2, -0.15) is 0 Å². The predicted molar refractivity (Wildman–Crippen MR) is 94.8 cm³/mol. The van der Waals surface area contributed by atoms with Gasteiger partial charge in [-0.1, -0.05) is 24.3 Å². The van der Waals surface area contributed by atoms with Crippen molar-refractivity contribution in [1.82, 2.24) is 19.8 Å². The molecule has 2 heterocycles. The van der Waals surface area contributed by atoms with Crippen molar-refractivity contribution in [3.63, 3.8) is 0 Å². The Hall–Kier alpha value is -2.37. The first-order valence-electron chi connectivity index (χ1n) is 8.42. The van der Waals surface area contributed by atoms with E-state index >= 15 is 0 Å². The number of aromatic hydroxyl groups is 1. The summed E-state index contributed by atoms with van der Waals surface area (Å²) in [4.78, 5) is 12.9. The number of nitrogens with zero attached hydrogens (tertiary/aromatic N) is 3. The highest BCUT2D eigenvalue weighted by molar-refractivity contribution is 5.74. The number of aromatic amines is 1. The van der Waals surface area contributed by atoms with Crippen LogP contribution in [0.3, 0.4) is 0 Å². The van der Waals surface area contributed by atoms with Gasteiger partial charge in [0.1, 0.15) is 11.6 Å². The van der Waals surface area contributed by atoms with Crippen molar-refractivity contribution in [3.8, 4) is 5.75 Å². The molecule has 0 bridgehead atoms. The number of fused-ring (bicyclic) bond motifs is 1. The third-order valence-corrected chi connectivity index (χ3v) is 4.59. The van der Waals surface area contributed by atoms with E-state index in [4.69, 9.17) is 0 Å². The molecule has 5 nitrogen and oxygen atoms in total. The average Bonchev–Trinajstić information content (AvgIpc) is 2.99. The number of hydrogen-bond acceptors (Lipinski definition) is 4. The number of phenols is 1. The van der Waals surface area contributed by atoms with E-state index in [-0.39, 0.29) is 0 Å². The molecule has 0 saturated carbocycles. The van der Waals surface area contributed by atoms with Crippen molar-refractivity contribution < 1.29 is 5.11 Å². The fourth-order valence-corrected chi connectivity index (χ4v) is 3.31. The molecule has 1 aliphatic heterocycles. The number of phenolic OH excluding ortho intramolecular Hbond substituents is 1. The van der Waals surface area contributed by atoms with Crippen molar-refractivity contribution in [2.24, 2.45) is 0 Å². The molecule has 1 fully saturated rings. The zero-order chi connectivity index (χ0) is 16.4. The van der Waals surface area contributed by atoms with Crippen LogP contribution in [0.25, 0.3) is 11.0 Å². The normalized spacial score (nSPS) is 16.7. The maximum atomic E-state index is 9.57. The van der Waals surface area contributed by atoms with Crippen LogP contribution < -0.4 is 0 Å². The van der Waals surface area contributed by atoms with E-state index in [9.17, 15) is 5.11 Å². The highest BCUT2D eigenvalue weighted by Gasteiger charge is 2.18. The second kappa shape index (κ2) is 6.63. The number of aromatic nitrogens is 2. The quantitative estimate of drug-likeness (QED) is 0.775. The standard InChI is InChI=1S/C19H22N4O/c24-16-5-3-4-15(12-16)13-22-8-10-23(11-9-22)14-19-20-17-6-1-2-7-18(17)21-19/h1-7,12,24H,8-11,13-14H2,(H,20,21). The third kappa shape index (κ3) is 3.42. The first-order chi connectivity index (χ1) is 11.8. The lowest BCUT2D eigenvalue weighted by molar-refractivity contribution is 0.120. The Labute approximate surface area is 141 Å². The van der Waals surface area contributed by atoms with Crippen molar-refractivity contribution in [1.29, 1.82) is 0 Å². The first kappa shape index (κ1) is 15.2. The maximum Gasteiger partial charge on any atom is 0.121 e. The molecule has 124 valence electrons. The maximum absolute atomic E-state index is 9.57. The van der Waals surface area contributed by atoms with Gasteiger partial charge in [-0.05, 0) is 29.8 Å². The van der Waals surface area contributed by atoms with Crippen LogP contribution in [0.1, 0.15) is 11.4 Å². The number of rotatable bonds is 4. The number of H-pyrrole nitrogens is 1. The summed E-state index contributed by atoms with van der Waals surface area (Å²) in [6, 6.07) is 15.7. The molecule has 0 aliphatic carbocycles. The Morgan fingerprint density at radius 3 is 2.42 bits per heavy atom. The molecule has 4 rings (SSSR count). The summed E-state index contributed by atoms with van der Waals surface area (Å²) in [7, 11) is 0. The summed E-state index contributed by atoms with van der Waals surface area (Å²) in [5.41, 5.74) is 3.31. The minimum Gasteiger partial charge on any atom is -0.508 e. The number of piperazine rings is 1. The highest BCUT2D eigenvalue weighted by Crippen LogP contribution is 2.16. The van der Waals surface area contributed by atoms with Gasteiger partial charge >= 0.3 is 0 Å². The summed E-state index contributed by atoms with van der Waals surface area (Å²) in [5.74, 6) is 1.38. The van der Waals surface area contributed by atoms with Gasteiger partial charge in [0.2, 0.25) is 0 Å². The van der Waals surface area contributed by atoms with Gasteiger partial charge < -0.3 is 10.1 Å². The van der Waals surface area contributed by atoms with Crippen LogP contribution in [-0.2, 0) is 13.1 Å². The number of hydrogen-bond donors (Lipinski definition) is 2. The largest absolute Gasteiger partial charge is 0.508 e. The molecule has 24 heavy (non-hydrogen) atoms. The van der Waals surface area contributed by atoms with Gasteiger partial charge in [0, 0.05) is 32.7 Å². The Bertz CT molecular complexity index is 788. The van der Waals surface area contributed by atoms with E-state index in [0.29, 0.717) is 5.75 Å². The summed E-state index contributed by atoms with van der Waals surface area (Å²) in [5, 5.41) is 9.57. The van der Waals surface area contributed by atoms with Crippen LogP contribution in [0.5, 0.6) is 5.75 Å². The number of imidazole rings is 1. The van der Waals surface area contributed by atoms with Crippen LogP contribution in [0.15, 0.2) is 48.5 Å². The molecule has 0 unspecified atom stereocenters. The molecule has 3 aromatic rings. The lowest BCUT2D eigenvalue weighted by Crippen LogP contribution is -2.45. The summed E-state index contributed by atoms with van der Waals surface area (Å²) >= 11 is 0. The summed E-state index contributed by atoms with van der Waals surface area (Å²) in [6.45, 7) is 5.92. The van der Waals surface area contributed by atoms with Crippen molar-refractivity contribution in [2.45, 2.75) is 13.1 Å². The van der Waals surface area contributed by atoms with Crippen LogP contribution >= 0.6 is 0 Å². The molecule has 1 aromatic heterocycles. The Balaban J connectivity index is 1.32. The topological polar surface area (TPSA) is 55.4 Å². The van der Waals surface area contributed by atoms with E-state index in [1.165, 1.54) is 5.56 Å². The lowest BCUT2D eigenvalue weighted by Gasteiger charge is -2.34. The van der Waals surface area contributed by atoms with Gasteiger partial charge in [-0.15, -0.1) is 0 Å². The SMILES string of the molecule is Oc1cccc(CN2CCN(Cc3nc4ccccc4[nH]3)CC2)c1. The Morgan fingerprint density at radius 1 is 0.917 bits per heavy atom. The first-order valence-corrected chi connectivity index (χ1v) is 8.42. The van der Waals surface area contributed by atoms with Crippen LogP contribution in [0.4, 0.5) is 0 Å². The van der Waals surface area contributed by atoms with Gasteiger partial charge in [0.25, 0.3) is 0 Å². The highest BCUT2D eigenvalue weighted by atomic mass is 16.3. The van der Waals surface area contributed by atoms with Crippen molar-refractivity contribution in [3.05, 3.63) is 59.9 Å². The van der Waals surface area contributed by atoms with E-state index in [2.05, 4.69) is 31.9 Å². The van der Waals surface area contributed by atoms with Gasteiger partial charge in [-0.25, -0.2) is 4.98 Å². The monoisotopic (exact) mass is 322 g/mol. The molecule has 1 aliphatic rings. The summed E-state index contributed by atoms with van der Waals surface area (Å²) < 4.78 is 0. The summed E-state index contributed by atoms with van der Waals surface area (Å²) in [6.07, 6.45) is 0. The molecule has 0 spiro atoms. The molecule has 0 radical (unpaired) electrons. The number of para-hydroxylation sites is 2. The van der Waals surface area contributed by atoms with Gasteiger partial charge in [0.05, 0.1) is 17.6 Å². The molecular weight excluding hydrogens is 300 g/mol.